The third-order valence-electron chi connectivity index (χ3n) is 2.78. The summed E-state index contributed by atoms with van der Waals surface area (Å²) in [6.07, 6.45) is 1.46. The molecule has 19 heavy (non-hydrogen) atoms. The molecule has 0 fully saturated rings. The summed E-state index contributed by atoms with van der Waals surface area (Å²) < 4.78 is 1.71. The highest BCUT2D eigenvalue weighted by molar-refractivity contribution is 9.10. The molecule has 0 spiro atoms. The molecular formula is C13H10BrN3O2. The predicted octanol–water partition coefficient (Wildman–Crippen LogP) is 1.53. The first-order valence-electron chi connectivity index (χ1n) is 5.50. The molecule has 2 rings (SSSR count). The van der Waals surface area contributed by atoms with Gasteiger partial charge in [0.2, 0.25) is 0 Å². The number of nitrogens with zero attached hydrogens (tertiary/aromatic N) is 2. The Kier molecular flexibility index (Phi) is 3.67. The van der Waals surface area contributed by atoms with Crippen molar-refractivity contribution in [2.24, 2.45) is 0 Å². The number of halogens is 1. The highest BCUT2D eigenvalue weighted by atomic mass is 79.9. The molecule has 1 aromatic heterocycles. The first-order chi connectivity index (χ1) is 9.01. The van der Waals surface area contributed by atoms with Crippen LogP contribution in [0.15, 0.2) is 38.5 Å². The summed E-state index contributed by atoms with van der Waals surface area (Å²) in [5, 5.41) is 8.80. The van der Waals surface area contributed by atoms with Crippen LogP contribution in [0.25, 0.3) is 0 Å². The summed E-state index contributed by atoms with van der Waals surface area (Å²) in [7, 11) is 0. The van der Waals surface area contributed by atoms with E-state index in [1.807, 2.05) is 6.92 Å². The summed E-state index contributed by atoms with van der Waals surface area (Å²) in [4.78, 5) is 25.1. The van der Waals surface area contributed by atoms with Crippen molar-refractivity contribution < 1.29 is 0 Å². The second kappa shape index (κ2) is 5.24. The van der Waals surface area contributed by atoms with Crippen molar-refractivity contribution in [1.29, 1.82) is 5.26 Å². The number of aromatic nitrogens is 2. The molecule has 0 atom stereocenters. The number of hydrogen-bond acceptors (Lipinski definition) is 3. The lowest BCUT2D eigenvalue weighted by Crippen LogP contribution is -2.30. The van der Waals surface area contributed by atoms with Gasteiger partial charge in [0.25, 0.3) is 5.56 Å². The van der Waals surface area contributed by atoms with E-state index in [4.69, 9.17) is 5.26 Å². The number of nitrogens with one attached hydrogen (secondary N) is 1. The fraction of sp³-hybridized carbons (Fsp3) is 0.154. The number of hydrogen-bond donors (Lipinski definition) is 1. The average molecular weight is 320 g/mol. The van der Waals surface area contributed by atoms with Gasteiger partial charge in [0.05, 0.1) is 22.7 Å². The van der Waals surface area contributed by atoms with Gasteiger partial charge in [-0.15, -0.1) is 0 Å². The maximum Gasteiger partial charge on any atom is 0.328 e. The molecule has 0 aliphatic heterocycles. The standard InChI is InChI=1S/C13H10BrN3O2/c1-8-4-9(5-15)2-3-10(8)6-17-7-11(14)12(18)16-13(17)19/h2-4,7H,6H2,1H3,(H,16,18,19). The second-order valence-corrected chi connectivity index (χ2v) is 4.97. The van der Waals surface area contributed by atoms with E-state index in [1.54, 1.807) is 18.2 Å². The van der Waals surface area contributed by atoms with E-state index in [0.717, 1.165) is 11.1 Å². The molecule has 0 bridgehead atoms. The maximum atomic E-state index is 11.7. The van der Waals surface area contributed by atoms with E-state index < -0.39 is 11.2 Å². The highest BCUT2D eigenvalue weighted by Crippen LogP contribution is 2.12. The fourth-order valence-electron chi connectivity index (χ4n) is 1.73. The SMILES string of the molecule is Cc1cc(C#N)ccc1Cn1cc(Br)c(=O)[nH]c1=O. The van der Waals surface area contributed by atoms with Crippen LogP contribution in [0.5, 0.6) is 0 Å². The Morgan fingerprint density at radius 1 is 1.42 bits per heavy atom. The van der Waals surface area contributed by atoms with Gasteiger partial charge in [0.1, 0.15) is 0 Å². The number of rotatable bonds is 2. The van der Waals surface area contributed by atoms with Gasteiger partial charge in [-0.1, -0.05) is 6.07 Å². The number of aromatic amines is 1. The molecule has 96 valence electrons. The topological polar surface area (TPSA) is 78.7 Å². The normalized spacial score (nSPS) is 10.2. The minimum absolute atomic E-state index is 0.304. The highest BCUT2D eigenvalue weighted by Gasteiger charge is 2.05. The summed E-state index contributed by atoms with van der Waals surface area (Å²) in [5.41, 5.74) is 1.51. The quantitative estimate of drug-likeness (QED) is 0.911. The van der Waals surface area contributed by atoms with Crippen molar-refractivity contribution in [1.82, 2.24) is 9.55 Å². The van der Waals surface area contributed by atoms with Gasteiger partial charge < -0.3 is 0 Å². The molecule has 0 radical (unpaired) electrons. The van der Waals surface area contributed by atoms with E-state index in [1.165, 1.54) is 10.8 Å². The van der Waals surface area contributed by atoms with Crippen LogP contribution < -0.4 is 11.2 Å². The molecule has 0 aliphatic carbocycles. The van der Waals surface area contributed by atoms with Crippen molar-refractivity contribution in [2.45, 2.75) is 13.5 Å². The first-order valence-corrected chi connectivity index (χ1v) is 6.29. The van der Waals surface area contributed by atoms with Gasteiger partial charge in [-0.3, -0.25) is 14.3 Å². The van der Waals surface area contributed by atoms with Gasteiger partial charge in [0, 0.05) is 6.20 Å². The molecule has 0 aliphatic rings. The monoisotopic (exact) mass is 319 g/mol. The molecule has 0 unspecified atom stereocenters. The van der Waals surface area contributed by atoms with Crippen LogP contribution in [0, 0.1) is 18.3 Å². The van der Waals surface area contributed by atoms with Crippen LogP contribution in [-0.4, -0.2) is 9.55 Å². The van der Waals surface area contributed by atoms with Crippen molar-refractivity contribution in [3.63, 3.8) is 0 Å². The largest absolute Gasteiger partial charge is 0.328 e. The number of benzene rings is 1. The molecule has 0 saturated carbocycles. The van der Waals surface area contributed by atoms with Crippen LogP contribution in [0.3, 0.4) is 0 Å². The Morgan fingerprint density at radius 3 is 2.79 bits per heavy atom. The van der Waals surface area contributed by atoms with Crippen molar-refractivity contribution in [3.05, 3.63) is 66.4 Å². The second-order valence-electron chi connectivity index (χ2n) is 4.12. The smallest absolute Gasteiger partial charge is 0.295 e. The lowest BCUT2D eigenvalue weighted by atomic mass is 10.1. The van der Waals surface area contributed by atoms with E-state index in [-0.39, 0.29) is 0 Å². The zero-order chi connectivity index (χ0) is 14.0. The molecule has 2 aromatic rings. The van der Waals surface area contributed by atoms with Crippen LogP contribution in [0.2, 0.25) is 0 Å². The van der Waals surface area contributed by atoms with Crippen molar-refractivity contribution >= 4 is 15.9 Å². The zero-order valence-electron chi connectivity index (χ0n) is 10.1. The Morgan fingerprint density at radius 2 is 2.16 bits per heavy atom. The van der Waals surface area contributed by atoms with Crippen LogP contribution in [-0.2, 0) is 6.54 Å². The van der Waals surface area contributed by atoms with Gasteiger partial charge in [-0.25, -0.2) is 4.79 Å². The Hall–Kier alpha value is -2.13. The van der Waals surface area contributed by atoms with E-state index in [9.17, 15) is 9.59 Å². The molecule has 1 N–H and O–H groups in total. The third kappa shape index (κ3) is 2.83. The fourth-order valence-corrected chi connectivity index (χ4v) is 2.07. The molecule has 5 nitrogen and oxygen atoms in total. The third-order valence-corrected chi connectivity index (χ3v) is 3.34. The Labute approximate surface area is 117 Å². The summed E-state index contributed by atoms with van der Waals surface area (Å²) in [6, 6.07) is 7.34. The molecular weight excluding hydrogens is 310 g/mol. The number of H-pyrrole nitrogens is 1. The molecule has 0 saturated heterocycles. The van der Waals surface area contributed by atoms with E-state index >= 15 is 0 Å². The number of aryl methyl sites for hydroxylation is 1. The predicted molar refractivity (Wildman–Crippen MR) is 74.0 cm³/mol. The van der Waals surface area contributed by atoms with Crippen LogP contribution in [0.1, 0.15) is 16.7 Å². The minimum atomic E-state index is -0.461. The minimum Gasteiger partial charge on any atom is -0.295 e. The molecule has 1 heterocycles. The average Bonchev–Trinajstić information content (AvgIpc) is 2.38. The zero-order valence-corrected chi connectivity index (χ0v) is 11.7. The molecule has 0 amide bonds. The Bertz CT molecular complexity index is 784. The summed E-state index contributed by atoms with van der Waals surface area (Å²) >= 11 is 3.09. The van der Waals surface area contributed by atoms with E-state index in [0.29, 0.717) is 16.6 Å². The molecule has 1 aromatic carbocycles. The van der Waals surface area contributed by atoms with Gasteiger partial charge >= 0.3 is 5.69 Å². The summed E-state index contributed by atoms with van der Waals surface area (Å²) in [5.74, 6) is 0. The lowest BCUT2D eigenvalue weighted by molar-refractivity contribution is 0.713. The van der Waals surface area contributed by atoms with E-state index in [2.05, 4.69) is 27.0 Å². The number of nitriles is 1. The van der Waals surface area contributed by atoms with Gasteiger partial charge in [0.15, 0.2) is 0 Å². The molecule has 6 heteroatoms. The van der Waals surface area contributed by atoms with Gasteiger partial charge in [-0.2, -0.15) is 5.26 Å². The summed E-state index contributed by atoms with van der Waals surface area (Å²) in [6.45, 7) is 2.22. The van der Waals surface area contributed by atoms with Crippen molar-refractivity contribution in [2.75, 3.05) is 0 Å². The lowest BCUT2D eigenvalue weighted by Gasteiger charge is -2.08. The first kappa shape index (κ1) is 13.3. The maximum absolute atomic E-state index is 11.7. The van der Waals surface area contributed by atoms with Crippen molar-refractivity contribution in [3.8, 4) is 6.07 Å². The Balaban J connectivity index is 2.42. The van der Waals surface area contributed by atoms with Crippen LogP contribution >= 0.6 is 15.9 Å². The van der Waals surface area contributed by atoms with Crippen LogP contribution in [0.4, 0.5) is 0 Å². The van der Waals surface area contributed by atoms with Gasteiger partial charge in [-0.05, 0) is 46.1 Å².